The van der Waals surface area contributed by atoms with Gasteiger partial charge < -0.3 is 14.8 Å². The molecule has 0 saturated carbocycles. The number of hydrogen-bond acceptors (Lipinski definition) is 5. The number of hydrogen-bond donors (Lipinski definition) is 1. The largest absolute Gasteiger partial charge is 0.497 e. The molecule has 0 bridgehead atoms. The molecular weight excluding hydrogens is 414 g/mol. The Morgan fingerprint density at radius 1 is 0.788 bits per heavy atom. The lowest BCUT2D eigenvalue weighted by atomic mass is 10.0. The van der Waals surface area contributed by atoms with E-state index in [1.807, 2.05) is 48.5 Å². The number of amides is 1. The van der Waals surface area contributed by atoms with Crippen LogP contribution in [0.3, 0.4) is 0 Å². The van der Waals surface area contributed by atoms with E-state index in [2.05, 4.69) is 29.1 Å². The van der Waals surface area contributed by atoms with Crippen molar-refractivity contribution in [3.8, 4) is 28.6 Å². The maximum absolute atomic E-state index is 12.6. The van der Waals surface area contributed by atoms with Gasteiger partial charge in [-0.3, -0.25) is 4.79 Å². The molecule has 4 aromatic rings. The number of nitrogens with one attached hydrogen (secondary N) is 1. The molecule has 0 spiro atoms. The van der Waals surface area contributed by atoms with E-state index in [4.69, 9.17) is 9.47 Å². The Balaban J connectivity index is 1.39. The number of rotatable bonds is 7. The zero-order valence-corrected chi connectivity index (χ0v) is 18.8. The number of nitrogens with zero attached hydrogens (tertiary/aromatic N) is 2. The highest BCUT2D eigenvalue weighted by atomic mass is 16.5. The van der Waals surface area contributed by atoms with Crippen LogP contribution in [-0.2, 0) is 0 Å². The van der Waals surface area contributed by atoms with Gasteiger partial charge in [-0.1, -0.05) is 38.1 Å². The van der Waals surface area contributed by atoms with Crippen LogP contribution >= 0.6 is 0 Å². The third-order valence-electron chi connectivity index (χ3n) is 5.21. The van der Waals surface area contributed by atoms with Gasteiger partial charge in [0.05, 0.1) is 7.11 Å². The van der Waals surface area contributed by atoms with Crippen LogP contribution in [0.15, 0.2) is 85.2 Å². The summed E-state index contributed by atoms with van der Waals surface area (Å²) in [5.74, 6) is 1.67. The van der Waals surface area contributed by atoms with Crippen LogP contribution in [0.25, 0.3) is 11.1 Å². The molecule has 0 radical (unpaired) electrons. The minimum atomic E-state index is -0.154. The molecule has 0 aliphatic heterocycles. The van der Waals surface area contributed by atoms with Gasteiger partial charge in [0, 0.05) is 29.2 Å². The Morgan fingerprint density at radius 3 is 1.97 bits per heavy atom. The summed E-state index contributed by atoms with van der Waals surface area (Å²) in [4.78, 5) is 21.1. The van der Waals surface area contributed by atoms with Crippen molar-refractivity contribution >= 4 is 11.6 Å². The first-order valence-corrected chi connectivity index (χ1v) is 10.7. The molecule has 1 N–H and O–H groups in total. The summed E-state index contributed by atoms with van der Waals surface area (Å²) in [5.41, 5.74) is 4.32. The predicted molar refractivity (Wildman–Crippen MR) is 129 cm³/mol. The van der Waals surface area contributed by atoms with Crippen LogP contribution in [-0.4, -0.2) is 23.0 Å². The van der Waals surface area contributed by atoms with E-state index in [0.717, 1.165) is 22.6 Å². The van der Waals surface area contributed by atoms with Gasteiger partial charge in [-0.25, -0.2) is 9.97 Å². The molecule has 6 heteroatoms. The zero-order valence-electron chi connectivity index (χ0n) is 18.8. The summed E-state index contributed by atoms with van der Waals surface area (Å²) >= 11 is 0. The number of methoxy groups -OCH3 is 1. The molecule has 0 atom stereocenters. The molecule has 4 rings (SSSR count). The van der Waals surface area contributed by atoms with Crippen LogP contribution in [0, 0.1) is 0 Å². The van der Waals surface area contributed by atoms with Gasteiger partial charge in [0.1, 0.15) is 11.5 Å². The number of anilines is 1. The van der Waals surface area contributed by atoms with Gasteiger partial charge in [-0.2, -0.15) is 0 Å². The standard InChI is InChI=1S/C27H25N3O3/c1-18(2)19-8-10-23(11-9-19)30-26(31)21-6-4-20(5-7-21)22-16-28-27(29-17-22)33-25-14-12-24(32-3)13-15-25/h4-18H,1-3H3,(H,30,31). The molecule has 1 heterocycles. The number of carbonyl (C=O) groups is 1. The van der Waals surface area contributed by atoms with Crippen molar-refractivity contribution in [2.45, 2.75) is 19.8 Å². The van der Waals surface area contributed by atoms with Crippen molar-refractivity contribution < 1.29 is 14.3 Å². The molecule has 0 aliphatic rings. The molecule has 0 saturated heterocycles. The highest BCUT2D eigenvalue weighted by Crippen LogP contribution is 2.24. The van der Waals surface area contributed by atoms with Crippen LogP contribution < -0.4 is 14.8 Å². The minimum absolute atomic E-state index is 0.154. The highest BCUT2D eigenvalue weighted by molar-refractivity contribution is 6.04. The van der Waals surface area contributed by atoms with E-state index in [9.17, 15) is 4.79 Å². The summed E-state index contributed by atoms with van der Waals surface area (Å²) in [6.45, 7) is 4.28. The lowest BCUT2D eigenvalue weighted by Gasteiger charge is -2.09. The number of ether oxygens (including phenoxy) is 2. The monoisotopic (exact) mass is 439 g/mol. The Bertz CT molecular complexity index is 1200. The van der Waals surface area contributed by atoms with E-state index < -0.39 is 0 Å². The quantitative estimate of drug-likeness (QED) is 0.365. The number of carbonyl (C=O) groups excluding carboxylic acids is 1. The Morgan fingerprint density at radius 2 is 1.39 bits per heavy atom. The fourth-order valence-corrected chi connectivity index (χ4v) is 3.24. The van der Waals surface area contributed by atoms with Crippen LogP contribution in [0.4, 0.5) is 5.69 Å². The van der Waals surface area contributed by atoms with Gasteiger partial charge in [-0.05, 0) is 65.6 Å². The molecule has 166 valence electrons. The van der Waals surface area contributed by atoms with Crippen LogP contribution in [0.1, 0.15) is 35.7 Å². The second kappa shape index (κ2) is 9.96. The summed E-state index contributed by atoms with van der Waals surface area (Å²) in [7, 11) is 1.61. The Labute approximate surface area is 193 Å². The third-order valence-corrected chi connectivity index (χ3v) is 5.21. The van der Waals surface area contributed by atoms with Gasteiger partial charge in [-0.15, -0.1) is 0 Å². The Kier molecular flexibility index (Phi) is 6.64. The van der Waals surface area contributed by atoms with Gasteiger partial charge in [0.25, 0.3) is 5.91 Å². The van der Waals surface area contributed by atoms with E-state index in [-0.39, 0.29) is 11.9 Å². The van der Waals surface area contributed by atoms with E-state index >= 15 is 0 Å². The normalized spacial score (nSPS) is 10.7. The molecule has 33 heavy (non-hydrogen) atoms. The molecule has 0 aliphatic carbocycles. The second-order valence-electron chi connectivity index (χ2n) is 7.84. The average molecular weight is 440 g/mol. The summed E-state index contributed by atoms with van der Waals surface area (Å²) in [5, 5.41) is 2.93. The fourth-order valence-electron chi connectivity index (χ4n) is 3.24. The first-order valence-electron chi connectivity index (χ1n) is 10.7. The van der Waals surface area contributed by atoms with E-state index in [1.54, 1.807) is 43.8 Å². The first kappa shape index (κ1) is 22.0. The highest BCUT2D eigenvalue weighted by Gasteiger charge is 2.08. The second-order valence-corrected chi connectivity index (χ2v) is 7.84. The fraction of sp³-hybridized carbons (Fsp3) is 0.148. The molecule has 0 fully saturated rings. The van der Waals surface area contributed by atoms with Crippen molar-refractivity contribution in [1.82, 2.24) is 9.97 Å². The molecule has 6 nitrogen and oxygen atoms in total. The van der Waals surface area contributed by atoms with Gasteiger partial charge in [0.2, 0.25) is 0 Å². The smallest absolute Gasteiger partial charge is 0.321 e. The average Bonchev–Trinajstić information content (AvgIpc) is 2.85. The van der Waals surface area contributed by atoms with Crippen molar-refractivity contribution in [3.05, 3.63) is 96.3 Å². The summed E-state index contributed by atoms with van der Waals surface area (Å²) < 4.78 is 10.8. The van der Waals surface area contributed by atoms with Crippen molar-refractivity contribution in [3.63, 3.8) is 0 Å². The Hall–Kier alpha value is -4.19. The lowest BCUT2D eigenvalue weighted by Crippen LogP contribution is -2.11. The van der Waals surface area contributed by atoms with E-state index in [0.29, 0.717) is 17.2 Å². The molecule has 1 amide bonds. The number of aromatic nitrogens is 2. The van der Waals surface area contributed by atoms with Crippen molar-refractivity contribution in [2.75, 3.05) is 12.4 Å². The van der Waals surface area contributed by atoms with Gasteiger partial charge in [0.15, 0.2) is 0 Å². The third kappa shape index (κ3) is 5.54. The molecule has 0 unspecified atom stereocenters. The molecule has 3 aromatic carbocycles. The van der Waals surface area contributed by atoms with Crippen LogP contribution in [0.5, 0.6) is 17.5 Å². The van der Waals surface area contributed by atoms with E-state index in [1.165, 1.54) is 5.56 Å². The van der Waals surface area contributed by atoms with Crippen LogP contribution in [0.2, 0.25) is 0 Å². The van der Waals surface area contributed by atoms with Gasteiger partial charge >= 0.3 is 6.01 Å². The molecular formula is C27H25N3O3. The number of benzene rings is 3. The summed E-state index contributed by atoms with van der Waals surface area (Å²) in [6, 6.07) is 22.7. The zero-order chi connectivity index (χ0) is 23.2. The maximum atomic E-state index is 12.6. The SMILES string of the molecule is COc1ccc(Oc2ncc(-c3ccc(C(=O)Nc4ccc(C(C)C)cc4)cc3)cn2)cc1. The first-order chi connectivity index (χ1) is 16.0. The topological polar surface area (TPSA) is 73.3 Å². The lowest BCUT2D eigenvalue weighted by molar-refractivity contribution is 0.102. The van der Waals surface area contributed by atoms with Crippen molar-refractivity contribution in [1.29, 1.82) is 0 Å². The van der Waals surface area contributed by atoms with Crippen molar-refractivity contribution in [2.24, 2.45) is 0 Å². The molecule has 1 aromatic heterocycles. The minimum Gasteiger partial charge on any atom is -0.497 e. The predicted octanol–water partition coefficient (Wildman–Crippen LogP) is 6.32. The maximum Gasteiger partial charge on any atom is 0.321 e. The summed E-state index contributed by atoms with van der Waals surface area (Å²) in [6.07, 6.45) is 3.38.